The lowest BCUT2D eigenvalue weighted by atomic mass is 10.2. The number of hydrogen-bond donors (Lipinski definition) is 1. The van der Waals surface area contributed by atoms with Gasteiger partial charge in [0.25, 0.3) is 0 Å². The second kappa shape index (κ2) is 5.30. The zero-order chi connectivity index (χ0) is 13.0. The second-order valence-corrected chi connectivity index (χ2v) is 3.83. The van der Waals surface area contributed by atoms with Crippen LogP contribution < -0.4 is 4.74 Å². The van der Waals surface area contributed by atoms with Crippen molar-refractivity contribution in [3.63, 3.8) is 0 Å². The molecule has 0 aliphatic heterocycles. The number of aromatic nitrogens is 2. The molecule has 0 aliphatic carbocycles. The fraction of sp³-hybridized carbons (Fsp3) is 0.417. The summed E-state index contributed by atoms with van der Waals surface area (Å²) in [7, 11) is 0. The summed E-state index contributed by atoms with van der Waals surface area (Å²) >= 11 is 0. The van der Waals surface area contributed by atoms with Crippen molar-refractivity contribution in [2.75, 3.05) is 0 Å². The SMILES string of the molecule is C#CC(C)Oc1cnc(C(C)C)nc1C(=O)O. The van der Waals surface area contributed by atoms with Gasteiger partial charge in [0.1, 0.15) is 5.82 Å². The Bertz CT molecular complexity index is 463. The highest BCUT2D eigenvalue weighted by molar-refractivity contribution is 5.88. The maximum atomic E-state index is 11.0. The van der Waals surface area contributed by atoms with Gasteiger partial charge >= 0.3 is 5.97 Å². The first kappa shape index (κ1) is 13.0. The topological polar surface area (TPSA) is 72.3 Å². The van der Waals surface area contributed by atoms with Crippen molar-refractivity contribution >= 4 is 5.97 Å². The maximum absolute atomic E-state index is 11.0. The van der Waals surface area contributed by atoms with E-state index >= 15 is 0 Å². The number of ether oxygens (including phenoxy) is 1. The first-order valence-corrected chi connectivity index (χ1v) is 5.18. The Morgan fingerprint density at radius 1 is 1.53 bits per heavy atom. The highest BCUT2D eigenvalue weighted by atomic mass is 16.5. The molecule has 1 aromatic heterocycles. The summed E-state index contributed by atoms with van der Waals surface area (Å²) in [5, 5.41) is 9.04. The number of carboxylic acid groups (broad SMARTS) is 1. The number of terminal acetylenes is 1. The van der Waals surface area contributed by atoms with Gasteiger partial charge in [0, 0.05) is 5.92 Å². The van der Waals surface area contributed by atoms with E-state index < -0.39 is 12.1 Å². The van der Waals surface area contributed by atoms with Gasteiger partial charge in [0.2, 0.25) is 0 Å². The van der Waals surface area contributed by atoms with Crippen LogP contribution in [0, 0.1) is 12.3 Å². The summed E-state index contributed by atoms with van der Waals surface area (Å²) in [6, 6.07) is 0. The first-order chi connectivity index (χ1) is 7.95. The minimum Gasteiger partial charge on any atom is -0.476 e. The molecule has 0 fully saturated rings. The summed E-state index contributed by atoms with van der Waals surface area (Å²) in [6.07, 6.45) is 5.98. The van der Waals surface area contributed by atoms with E-state index in [1.165, 1.54) is 6.20 Å². The maximum Gasteiger partial charge on any atom is 0.358 e. The molecule has 0 saturated carbocycles. The van der Waals surface area contributed by atoms with Gasteiger partial charge in [-0.05, 0) is 6.92 Å². The van der Waals surface area contributed by atoms with Gasteiger partial charge in [-0.2, -0.15) is 0 Å². The molecule has 0 radical (unpaired) electrons. The highest BCUT2D eigenvalue weighted by Gasteiger charge is 2.17. The average molecular weight is 234 g/mol. The minimum atomic E-state index is -1.16. The minimum absolute atomic E-state index is 0.0483. The van der Waals surface area contributed by atoms with Crippen LogP contribution in [0.4, 0.5) is 0 Å². The van der Waals surface area contributed by atoms with Gasteiger partial charge in [-0.1, -0.05) is 19.8 Å². The summed E-state index contributed by atoms with van der Waals surface area (Å²) in [6.45, 7) is 5.40. The molecular formula is C12H14N2O3. The Morgan fingerprint density at radius 3 is 2.65 bits per heavy atom. The van der Waals surface area contributed by atoms with Crippen LogP contribution in [0.3, 0.4) is 0 Å². The Labute approximate surface area is 99.9 Å². The molecular weight excluding hydrogens is 220 g/mol. The molecule has 0 amide bonds. The quantitative estimate of drug-likeness (QED) is 0.803. The standard InChI is InChI=1S/C12H14N2O3/c1-5-8(4)17-9-6-13-11(7(2)3)14-10(9)12(15)16/h1,6-8H,2-4H3,(H,15,16). The van der Waals surface area contributed by atoms with E-state index in [2.05, 4.69) is 15.9 Å². The molecule has 1 atom stereocenters. The van der Waals surface area contributed by atoms with Crippen LogP contribution in [0.2, 0.25) is 0 Å². The molecule has 1 N–H and O–H groups in total. The molecule has 0 saturated heterocycles. The van der Waals surface area contributed by atoms with Gasteiger partial charge < -0.3 is 9.84 Å². The molecule has 0 aromatic carbocycles. The molecule has 0 aliphatic rings. The zero-order valence-corrected chi connectivity index (χ0v) is 9.97. The van der Waals surface area contributed by atoms with Gasteiger partial charge in [-0.3, -0.25) is 0 Å². The monoisotopic (exact) mass is 234 g/mol. The Hall–Kier alpha value is -2.09. The molecule has 1 heterocycles. The number of aromatic carboxylic acids is 1. The Morgan fingerprint density at radius 2 is 2.18 bits per heavy atom. The summed E-state index contributed by atoms with van der Waals surface area (Å²) < 4.78 is 5.25. The van der Waals surface area contributed by atoms with E-state index in [9.17, 15) is 4.79 Å². The number of hydrogen-bond acceptors (Lipinski definition) is 4. The zero-order valence-electron chi connectivity index (χ0n) is 9.97. The predicted molar refractivity (Wildman–Crippen MR) is 62.0 cm³/mol. The van der Waals surface area contributed by atoms with Crippen molar-refractivity contribution in [1.29, 1.82) is 0 Å². The molecule has 0 spiro atoms. The van der Waals surface area contributed by atoms with Crippen LogP contribution in [0.15, 0.2) is 6.20 Å². The fourth-order valence-electron chi connectivity index (χ4n) is 1.13. The van der Waals surface area contributed by atoms with Crippen LogP contribution in [0.25, 0.3) is 0 Å². The van der Waals surface area contributed by atoms with Crippen LogP contribution >= 0.6 is 0 Å². The van der Waals surface area contributed by atoms with Crippen LogP contribution in [-0.2, 0) is 0 Å². The largest absolute Gasteiger partial charge is 0.476 e. The lowest BCUT2D eigenvalue weighted by Crippen LogP contribution is -2.15. The Balaban J connectivity index is 3.14. The van der Waals surface area contributed by atoms with E-state index in [-0.39, 0.29) is 17.4 Å². The Kier molecular flexibility index (Phi) is 4.05. The summed E-state index contributed by atoms with van der Waals surface area (Å²) in [5.41, 5.74) is -0.161. The van der Waals surface area contributed by atoms with Gasteiger partial charge in [-0.15, -0.1) is 6.42 Å². The van der Waals surface area contributed by atoms with Crippen molar-refractivity contribution < 1.29 is 14.6 Å². The smallest absolute Gasteiger partial charge is 0.358 e. The number of rotatable bonds is 4. The molecule has 1 unspecified atom stereocenters. The van der Waals surface area contributed by atoms with E-state index in [1.54, 1.807) is 6.92 Å². The highest BCUT2D eigenvalue weighted by Crippen LogP contribution is 2.19. The van der Waals surface area contributed by atoms with Crippen molar-refractivity contribution in [2.45, 2.75) is 32.8 Å². The predicted octanol–water partition coefficient (Wildman–Crippen LogP) is 1.70. The van der Waals surface area contributed by atoms with E-state index in [4.69, 9.17) is 16.3 Å². The number of carbonyl (C=O) groups is 1. The summed E-state index contributed by atoms with van der Waals surface area (Å²) in [5.74, 6) is 1.79. The lowest BCUT2D eigenvalue weighted by molar-refractivity contribution is 0.0683. The molecule has 17 heavy (non-hydrogen) atoms. The van der Waals surface area contributed by atoms with Crippen LogP contribution in [0.5, 0.6) is 5.75 Å². The number of nitrogens with zero attached hydrogens (tertiary/aromatic N) is 2. The second-order valence-electron chi connectivity index (χ2n) is 3.83. The van der Waals surface area contributed by atoms with E-state index in [0.29, 0.717) is 5.82 Å². The number of carboxylic acids is 1. The third-order valence-electron chi connectivity index (χ3n) is 2.03. The van der Waals surface area contributed by atoms with Gasteiger partial charge in [0.05, 0.1) is 6.20 Å². The molecule has 90 valence electrons. The fourth-order valence-corrected chi connectivity index (χ4v) is 1.13. The third kappa shape index (κ3) is 3.18. The molecule has 0 bridgehead atoms. The van der Waals surface area contributed by atoms with Crippen molar-refractivity contribution in [3.8, 4) is 18.1 Å². The van der Waals surface area contributed by atoms with Gasteiger partial charge in [-0.25, -0.2) is 14.8 Å². The lowest BCUT2D eigenvalue weighted by Gasteiger charge is -2.12. The van der Waals surface area contributed by atoms with E-state index in [0.717, 1.165) is 0 Å². The van der Waals surface area contributed by atoms with E-state index in [1.807, 2.05) is 13.8 Å². The van der Waals surface area contributed by atoms with Crippen LogP contribution in [-0.4, -0.2) is 27.1 Å². The molecule has 1 rings (SSSR count). The summed E-state index contributed by atoms with van der Waals surface area (Å²) in [4.78, 5) is 19.0. The molecule has 5 heteroatoms. The first-order valence-electron chi connectivity index (χ1n) is 5.18. The van der Waals surface area contributed by atoms with Crippen molar-refractivity contribution in [2.24, 2.45) is 0 Å². The molecule has 5 nitrogen and oxygen atoms in total. The molecule has 1 aromatic rings. The van der Waals surface area contributed by atoms with Crippen molar-refractivity contribution in [3.05, 3.63) is 17.7 Å². The van der Waals surface area contributed by atoms with Crippen LogP contribution in [0.1, 0.15) is 43.0 Å². The van der Waals surface area contributed by atoms with Gasteiger partial charge in [0.15, 0.2) is 17.5 Å². The third-order valence-corrected chi connectivity index (χ3v) is 2.03. The van der Waals surface area contributed by atoms with Crippen molar-refractivity contribution in [1.82, 2.24) is 9.97 Å². The normalized spacial score (nSPS) is 11.9. The average Bonchev–Trinajstić information content (AvgIpc) is 2.28.